The summed E-state index contributed by atoms with van der Waals surface area (Å²) in [4.78, 5) is 45.0. The van der Waals surface area contributed by atoms with Crippen LogP contribution in [0.3, 0.4) is 0 Å². The molecule has 0 aliphatic rings. The molecule has 0 aromatic carbocycles. The predicted octanol–water partition coefficient (Wildman–Crippen LogP) is 3.07. The lowest BCUT2D eigenvalue weighted by Crippen LogP contribution is -2.04. The monoisotopic (exact) mass is 372 g/mol. The minimum Gasteiger partial charge on any atom is -0.461 e. The van der Waals surface area contributed by atoms with Gasteiger partial charge < -0.3 is 9.47 Å². The summed E-state index contributed by atoms with van der Waals surface area (Å²) in [5, 5.41) is 0. The van der Waals surface area contributed by atoms with Gasteiger partial charge in [0.25, 0.3) is 0 Å². The van der Waals surface area contributed by atoms with Crippen LogP contribution in [-0.2, 0) is 28.7 Å². The topological polar surface area (TPSA) is 86.7 Å². The van der Waals surface area contributed by atoms with Gasteiger partial charge in [0.2, 0.25) is 11.7 Å². The lowest BCUT2D eigenvalue weighted by atomic mass is 10.1. The molecule has 0 aromatic heterocycles. The van der Waals surface area contributed by atoms with E-state index in [2.05, 4.69) is 9.47 Å². The van der Waals surface area contributed by atoms with Crippen molar-refractivity contribution in [3.63, 3.8) is 0 Å². The number of esters is 2. The Morgan fingerprint density at radius 1 is 0.731 bits per heavy atom. The quantitative estimate of drug-likeness (QED) is 0.386. The molecule has 0 bridgehead atoms. The van der Waals surface area contributed by atoms with E-state index in [1.807, 2.05) is 0 Å². The average Bonchev–Trinajstić information content (AvgIpc) is 2.60. The van der Waals surface area contributed by atoms with Gasteiger partial charge in [-0.25, -0.2) is 9.59 Å². The molecular formula is C18H22F2O6. The van der Waals surface area contributed by atoms with Crippen molar-refractivity contribution in [1.29, 1.82) is 0 Å². The number of allylic oxidation sites excluding steroid dienone is 4. The molecule has 0 amide bonds. The van der Waals surface area contributed by atoms with E-state index in [0.717, 1.165) is 24.3 Å². The van der Waals surface area contributed by atoms with E-state index in [9.17, 15) is 28.0 Å². The van der Waals surface area contributed by atoms with E-state index in [1.165, 1.54) is 13.8 Å². The maximum Gasteiger partial charge on any atom is 0.366 e. The summed E-state index contributed by atoms with van der Waals surface area (Å²) in [6, 6.07) is 0. The molecule has 0 fully saturated rings. The van der Waals surface area contributed by atoms with Crippen LogP contribution in [0.2, 0.25) is 0 Å². The first kappa shape index (κ1) is 23.4. The fraction of sp³-hybridized carbons (Fsp3) is 0.444. The third-order valence-corrected chi connectivity index (χ3v) is 2.82. The Morgan fingerprint density at radius 3 is 1.38 bits per heavy atom. The van der Waals surface area contributed by atoms with Crippen LogP contribution in [0.25, 0.3) is 0 Å². The van der Waals surface area contributed by atoms with Crippen LogP contribution in [0.5, 0.6) is 0 Å². The highest BCUT2D eigenvalue weighted by atomic mass is 19.1. The van der Waals surface area contributed by atoms with Gasteiger partial charge in [-0.3, -0.25) is 9.59 Å². The number of carbonyl (C=O) groups is 4. The minimum absolute atomic E-state index is 0.0184. The van der Waals surface area contributed by atoms with Gasteiger partial charge in [-0.1, -0.05) is 0 Å². The van der Waals surface area contributed by atoms with Crippen molar-refractivity contribution in [2.75, 3.05) is 13.2 Å². The van der Waals surface area contributed by atoms with Crippen LogP contribution < -0.4 is 0 Å². The highest BCUT2D eigenvalue weighted by Gasteiger charge is 2.10. The maximum atomic E-state index is 13.2. The van der Waals surface area contributed by atoms with Gasteiger partial charge in [0, 0.05) is 12.8 Å². The smallest absolute Gasteiger partial charge is 0.366 e. The van der Waals surface area contributed by atoms with Crippen molar-refractivity contribution in [3.8, 4) is 0 Å². The van der Waals surface area contributed by atoms with Crippen molar-refractivity contribution in [1.82, 2.24) is 0 Å². The fourth-order valence-electron chi connectivity index (χ4n) is 1.60. The zero-order valence-electron chi connectivity index (χ0n) is 14.8. The first-order valence-corrected chi connectivity index (χ1v) is 8.11. The number of ether oxygens (including phenoxy) is 2. The van der Waals surface area contributed by atoms with Crippen LogP contribution in [0.1, 0.15) is 39.5 Å². The van der Waals surface area contributed by atoms with Gasteiger partial charge in [-0.05, 0) is 51.0 Å². The van der Waals surface area contributed by atoms with Gasteiger partial charge in [0.15, 0.2) is 11.6 Å². The average molecular weight is 372 g/mol. The number of halogens is 2. The molecule has 0 radical (unpaired) electrons. The Balaban J connectivity index is 4.22. The molecule has 0 heterocycles. The largest absolute Gasteiger partial charge is 0.461 e. The Labute approximate surface area is 150 Å². The van der Waals surface area contributed by atoms with Crippen LogP contribution in [0.15, 0.2) is 36.0 Å². The first-order valence-electron chi connectivity index (χ1n) is 8.11. The molecule has 144 valence electrons. The summed E-state index contributed by atoms with van der Waals surface area (Å²) >= 11 is 0. The number of ketones is 2. The molecule has 8 heteroatoms. The Hall–Kier alpha value is -2.64. The van der Waals surface area contributed by atoms with E-state index in [0.29, 0.717) is 0 Å². The Bertz CT molecular complexity index is 553. The van der Waals surface area contributed by atoms with Crippen molar-refractivity contribution in [3.05, 3.63) is 36.0 Å². The third kappa shape index (κ3) is 11.0. The molecule has 0 unspecified atom stereocenters. The first-order chi connectivity index (χ1) is 12.3. The van der Waals surface area contributed by atoms with Crippen molar-refractivity contribution >= 4 is 23.5 Å². The van der Waals surface area contributed by atoms with Crippen molar-refractivity contribution in [2.45, 2.75) is 39.5 Å². The number of carbonyl (C=O) groups excluding carboxylic acids is 4. The molecule has 26 heavy (non-hydrogen) atoms. The van der Waals surface area contributed by atoms with Gasteiger partial charge in [-0.2, -0.15) is 8.78 Å². The molecule has 6 nitrogen and oxygen atoms in total. The van der Waals surface area contributed by atoms with Crippen LogP contribution in [-0.4, -0.2) is 36.7 Å². The van der Waals surface area contributed by atoms with Crippen LogP contribution >= 0.6 is 0 Å². The number of hydrogen-bond donors (Lipinski definition) is 0. The minimum atomic E-state index is -1.09. The highest BCUT2D eigenvalue weighted by molar-refractivity contribution is 5.98. The van der Waals surface area contributed by atoms with Crippen LogP contribution in [0.4, 0.5) is 8.78 Å². The Morgan fingerprint density at radius 2 is 1.08 bits per heavy atom. The summed E-state index contributed by atoms with van der Waals surface area (Å²) in [6.07, 6.45) is 3.73. The lowest BCUT2D eigenvalue weighted by Gasteiger charge is -1.98. The van der Waals surface area contributed by atoms with Gasteiger partial charge in [0.05, 0.1) is 13.2 Å². The zero-order valence-corrected chi connectivity index (χ0v) is 14.8. The van der Waals surface area contributed by atoms with E-state index >= 15 is 0 Å². The molecule has 0 atom stereocenters. The molecule has 0 rings (SSSR count). The van der Waals surface area contributed by atoms with Crippen LogP contribution in [0, 0.1) is 0 Å². The lowest BCUT2D eigenvalue weighted by molar-refractivity contribution is -0.141. The second-order valence-electron chi connectivity index (χ2n) is 4.89. The summed E-state index contributed by atoms with van der Waals surface area (Å²) in [5.41, 5.74) is 0. The standard InChI is InChI=1S/C18H22F2O6/c1-3-25-17(23)15(19)9-5-7-13(21)11-12-14(22)8-6-10-16(20)18(24)26-4-2/h9-12H,3-8H2,1-2H3/b12-11+,15-9-,16-10+. The molecular weight excluding hydrogens is 350 g/mol. The van der Waals surface area contributed by atoms with E-state index in [-0.39, 0.29) is 38.9 Å². The van der Waals surface area contributed by atoms with Gasteiger partial charge >= 0.3 is 11.9 Å². The predicted molar refractivity (Wildman–Crippen MR) is 89.3 cm³/mol. The summed E-state index contributed by atoms with van der Waals surface area (Å²) in [6.45, 7) is 3.17. The normalized spacial score (nSPS) is 12.2. The molecule has 0 N–H and O–H groups in total. The zero-order chi connectivity index (χ0) is 19.9. The number of rotatable bonds is 12. The summed E-state index contributed by atoms with van der Waals surface area (Å²) in [5.74, 6) is -5.19. The molecule has 0 saturated heterocycles. The molecule has 0 saturated carbocycles. The second-order valence-corrected chi connectivity index (χ2v) is 4.89. The van der Waals surface area contributed by atoms with E-state index < -0.39 is 35.2 Å². The van der Waals surface area contributed by atoms with E-state index in [4.69, 9.17) is 0 Å². The Kier molecular flexibility index (Phi) is 12.2. The van der Waals surface area contributed by atoms with Gasteiger partial charge in [-0.15, -0.1) is 0 Å². The molecule has 0 aliphatic carbocycles. The van der Waals surface area contributed by atoms with E-state index in [1.54, 1.807) is 0 Å². The third-order valence-electron chi connectivity index (χ3n) is 2.82. The maximum absolute atomic E-state index is 13.2. The highest BCUT2D eigenvalue weighted by Crippen LogP contribution is 2.06. The SMILES string of the molecule is CCOC(=O)/C(F)=C/CCC(=O)/C=C/C(=O)CC/C=C(/F)C(=O)OCC. The number of hydrogen-bond acceptors (Lipinski definition) is 6. The summed E-state index contributed by atoms with van der Waals surface area (Å²) in [7, 11) is 0. The second kappa shape index (κ2) is 13.6. The molecule has 0 aliphatic heterocycles. The fourth-order valence-corrected chi connectivity index (χ4v) is 1.60. The molecule has 0 spiro atoms. The van der Waals surface area contributed by atoms with Crippen molar-refractivity contribution < 1.29 is 37.4 Å². The van der Waals surface area contributed by atoms with Crippen molar-refractivity contribution in [2.24, 2.45) is 0 Å². The summed E-state index contributed by atoms with van der Waals surface area (Å²) < 4.78 is 35.3. The molecule has 0 aromatic rings. The van der Waals surface area contributed by atoms with Gasteiger partial charge in [0.1, 0.15) is 0 Å².